The molecule has 2 aromatic carbocycles. The van der Waals surface area contributed by atoms with Gasteiger partial charge in [-0.2, -0.15) is 0 Å². The first kappa shape index (κ1) is 29.1. The number of quaternary nitrogens is 2. The molecule has 0 saturated carbocycles. The summed E-state index contributed by atoms with van der Waals surface area (Å²) in [6, 6.07) is 10.3. The highest BCUT2D eigenvalue weighted by Crippen LogP contribution is 2.22. The molecule has 0 saturated heterocycles. The van der Waals surface area contributed by atoms with Crippen LogP contribution in [0, 0.1) is 0 Å². The van der Waals surface area contributed by atoms with Gasteiger partial charge in [-0.05, 0) is 35.4 Å². The van der Waals surface area contributed by atoms with E-state index in [1.165, 1.54) is 24.3 Å². The molecule has 0 radical (unpaired) electrons. The Morgan fingerprint density at radius 1 is 0.656 bits per heavy atom. The molecule has 0 aliphatic rings. The monoisotopic (exact) mass is 492 g/mol. The van der Waals surface area contributed by atoms with Crippen LogP contribution in [0.15, 0.2) is 58.3 Å². The lowest BCUT2D eigenvalue weighted by atomic mass is 10.1. The van der Waals surface area contributed by atoms with Crippen molar-refractivity contribution < 1.29 is 57.2 Å². The van der Waals surface area contributed by atoms with E-state index in [4.69, 9.17) is 10.2 Å². The summed E-state index contributed by atoms with van der Waals surface area (Å²) in [6.07, 6.45) is 0.361. The van der Waals surface area contributed by atoms with E-state index in [2.05, 4.69) is 11.5 Å². The summed E-state index contributed by atoms with van der Waals surface area (Å²) in [7, 11) is -9.00. The Bertz CT molecular complexity index is 992. The summed E-state index contributed by atoms with van der Waals surface area (Å²) in [5, 5.41) is 15.7. The summed E-state index contributed by atoms with van der Waals surface area (Å²) in [6.45, 7) is 0.963. The van der Waals surface area contributed by atoms with Gasteiger partial charge in [0.05, 0.1) is 35.7 Å². The second-order valence-corrected chi connectivity index (χ2v) is 8.71. The maximum Gasteiger partial charge on any atom is 0.309 e. The van der Waals surface area contributed by atoms with Gasteiger partial charge in [-0.3, -0.25) is 9.59 Å². The first-order chi connectivity index (χ1) is 14.7. The van der Waals surface area contributed by atoms with Crippen molar-refractivity contribution in [1.82, 2.24) is 0 Å². The number of aliphatic carboxylic acids is 2. The number of carboxylic acid groups (broad SMARTS) is 2. The van der Waals surface area contributed by atoms with Crippen molar-refractivity contribution in [1.29, 1.82) is 0 Å². The molecule has 12 nitrogen and oxygen atoms in total. The van der Waals surface area contributed by atoms with Crippen molar-refractivity contribution in [3.8, 4) is 11.1 Å². The molecule has 2 rings (SSSR count). The van der Waals surface area contributed by atoms with Gasteiger partial charge in [0.1, 0.15) is 20.2 Å². The summed E-state index contributed by atoms with van der Waals surface area (Å²) in [5.74, 6) is -1.55. The summed E-state index contributed by atoms with van der Waals surface area (Å²) in [5.41, 5.74) is 7.87. The standard InChI is InChI=1S/C12H10O6S2.2C3H7NO2/c13-19(14,15)11-5-1-9(2-6-11)10-3-7-12(8-4-10)20(16,17)18;2*4-2-1-3(5)6/h1-8H,(H,13,14,15)(H,16,17,18);2*1-2,4H2,(H,5,6). The van der Waals surface area contributed by atoms with Gasteiger partial charge in [0, 0.05) is 0 Å². The van der Waals surface area contributed by atoms with Crippen molar-refractivity contribution in [3.63, 3.8) is 0 Å². The van der Waals surface area contributed by atoms with Gasteiger partial charge in [0.25, 0.3) is 0 Å². The van der Waals surface area contributed by atoms with Gasteiger partial charge in [0.15, 0.2) is 0 Å². The fourth-order valence-electron chi connectivity index (χ4n) is 1.93. The molecule has 0 spiro atoms. The van der Waals surface area contributed by atoms with E-state index in [1.807, 2.05) is 0 Å². The second kappa shape index (κ2) is 13.5. The van der Waals surface area contributed by atoms with E-state index in [0.29, 0.717) is 24.2 Å². The Balaban J connectivity index is 0.000000662. The number of carbonyl (C=O) groups is 2. The number of benzene rings is 2. The fourth-order valence-corrected chi connectivity index (χ4v) is 2.87. The number of hydrogen-bond acceptors (Lipinski definition) is 8. The highest BCUT2D eigenvalue weighted by atomic mass is 32.2. The Labute approximate surface area is 185 Å². The van der Waals surface area contributed by atoms with Crippen LogP contribution >= 0.6 is 0 Å². The van der Waals surface area contributed by atoms with Crippen molar-refractivity contribution in [2.24, 2.45) is 0 Å². The molecule has 32 heavy (non-hydrogen) atoms. The highest BCUT2D eigenvalue weighted by Gasteiger charge is 2.04. The third kappa shape index (κ3) is 12.1. The molecule has 0 aliphatic heterocycles. The molecular formula is C18H24N2O10S2. The predicted molar refractivity (Wildman–Crippen MR) is 108 cm³/mol. The highest BCUT2D eigenvalue weighted by molar-refractivity contribution is 7.86. The molecule has 0 atom stereocenters. The van der Waals surface area contributed by atoms with Crippen LogP contribution in [0.25, 0.3) is 11.1 Å². The van der Waals surface area contributed by atoms with Crippen LogP contribution in [0.3, 0.4) is 0 Å². The second-order valence-electron chi connectivity index (χ2n) is 5.95. The van der Waals surface area contributed by atoms with Crippen LogP contribution in [-0.2, 0) is 29.8 Å². The lowest BCUT2D eigenvalue weighted by Crippen LogP contribution is -2.50. The Kier molecular flexibility index (Phi) is 12.3. The Morgan fingerprint density at radius 2 is 0.906 bits per heavy atom. The molecule has 14 heteroatoms. The summed E-state index contributed by atoms with van der Waals surface area (Å²) >= 11 is 0. The van der Waals surface area contributed by atoms with Crippen LogP contribution in [-0.4, -0.2) is 61.2 Å². The molecule has 0 unspecified atom stereocenters. The van der Waals surface area contributed by atoms with Crippen molar-refractivity contribution in [2.45, 2.75) is 22.6 Å². The van der Waals surface area contributed by atoms with Gasteiger partial charge in [-0.25, -0.2) is 16.8 Å². The van der Waals surface area contributed by atoms with E-state index in [1.54, 1.807) is 0 Å². The van der Waals surface area contributed by atoms with Gasteiger partial charge in [-0.15, -0.1) is 0 Å². The van der Waals surface area contributed by atoms with Crippen molar-refractivity contribution >= 4 is 32.2 Å². The van der Waals surface area contributed by atoms with E-state index < -0.39 is 32.2 Å². The third-order valence-corrected chi connectivity index (χ3v) is 5.10. The van der Waals surface area contributed by atoms with Gasteiger partial charge >= 0.3 is 11.9 Å². The van der Waals surface area contributed by atoms with E-state index in [0.717, 1.165) is 24.3 Å². The van der Waals surface area contributed by atoms with E-state index in [-0.39, 0.29) is 22.6 Å². The minimum atomic E-state index is -4.50. The first-order valence-corrected chi connectivity index (χ1v) is 11.7. The Morgan fingerprint density at radius 3 is 1.03 bits per heavy atom. The average molecular weight is 493 g/mol. The predicted octanol–water partition coefficient (Wildman–Crippen LogP) is -1.43. The van der Waals surface area contributed by atoms with Crippen molar-refractivity contribution in [2.75, 3.05) is 13.1 Å². The minimum absolute atomic E-state index is 0.181. The quantitative estimate of drug-likeness (QED) is 0.328. The van der Waals surface area contributed by atoms with Crippen LogP contribution in [0.2, 0.25) is 0 Å². The molecule has 2 aromatic rings. The van der Waals surface area contributed by atoms with Crippen LogP contribution in [0.1, 0.15) is 12.8 Å². The SMILES string of the molecule is O=S(=O)([O-])c1ccc(-c2ccc(S(=O)(=O)[O-])cc2)cc1.[NH3+]CCC(=O)O.[NH3+]CCC(=O)O. The average Bonchev–Trinajstić information content (AvgIpc) is 2.68. The fraction of sp³-hybridized carbons (Fsp3) is 0.222. The smallest absolute Gasteiger partial charge is 0.309 e. The number of rotatable bonds is 7. The van der Waals surface area contributed by atoms with Crippen LogP contribution in [0.4, 0.5) is 0 Å². The van der Waals surface area contributed by atoms with Crippen molar-refractivity contribution in [3.05, 3.63) is 48.5 Å². The lowest BCUT2D eigenvalue weighted by Gasteiger charge is -2.09. The van der Waals surface area contributed by atoms with Crippen LogP contribution in [0.5, 0.6) is 0 Å². The Hall–Kier alpha value is -2.88. The molecule has 0 heterocycles. The normalized spacial score (nSPS) is 10.8. The maximum absolute atomic E-state index is 10.8. The largest absolute Gasteiger partial charge is 0.744 e. The zero-order valence-corrected chi connectivity index (χ0v) is 18.5. The van der Waals surface area contributed by atoms with Crippen LogP contribution < -0.4 is 11.5 Å². The first-order valence-electron chi connectivity index (χ1n) is 8.86. The zero-order valence-electron chi connectivity index (χ0n) is 16.8. The zero-order chi connectivity index (χ0) is 24.9. The summed E-state index contributed by atoms with van der Waals surface area (Å²) in [4.78, 5) is 18.4. The molecule has 0 amide bonds. The molecule has 0 fully saturated rings. The minimum Gasteiger partial charge on any atom is -0.744 e. The number of hydrogen-bond donors (Lipinski definition) is 4. The maximum atomic E-state index is 10.8. The molecule has 178 valence electrons. The lowest BCUT2D eigenvalue weighted by molar-refractivity contribution is -0.367. The topological polar surface area (TPSA) is 244 Å². The third-order valence-electron chi connectivity index (χ3n) is 3.40. The number of carboxylic acids is 2. The molecular weight excluding hydrogens is 468 g/mol. The van der Waals surface area contributed by atoms with E-state index in [9.17, 15) is 35.5 Å². The summed E-state index contributed by atoms with van der Waals surface area (Å²) < 4.78 is 64.7. The van der Waals surface area contributed by atoms with E-state index >= 15 is 0 Å². The molecule has 0 aromatic heterocycles. The van der Waals surface area contributed by atoms with Gasteiger partial charge < -0.3 is 30.8 Å². The van der Waals surface area contributed by atoms with Gasteiger partial charge in [0.2, 0.25) is 0 Å². The molecule has 8 N–H and O–H groups in total. The molecule has 0 aliphatic carbocycles. The van der Waals surface area contributed by atoms with Gasteiger partial charge in [-0.1, -0.05) is 24.3 Å². The molecule has 0 bridgehead atoms.